The van der Waals surface area contributed by atoms with Gasteiger partial charge in [0.2, 0.25) is 11.8 Å². The number of likely N-dealkylation sites (tertiary alicyclic amines) is 1. The van der Waals surface area contributed by atoms with Crippen molar-refractivity contribution < 1.29 is 24.2 Å². The maximum absolute atomic E-state index is 13.6. The van der Waals surface area contributed by atoms with Gasteiger partial charge in [-0.2, -0.15) is 0 Å². The highest BCUT2D eigenvalue weighted by molar-refractivity contribution is 5.94. The smallest absolute Gasteiger partial charge is 0.227 e. The predicted molar refractivity (Wildman–Crippen MR) is 115 cm³/mol. The van der Waals surface area contributed by atoms with Gasteiger partial charge < -0.3 is 19.6 Å². The Hall–Kier alpha value is -3.19. The van der Waals surface area contributed by atoms with Crippen LogP contribution in [-0.4, -0.2) is 57.8 Å². The molecule has 0 aromatic heterocycles. The minimum Gasteiger partial charge on any atom is -0.508 e. The number of aromatic hydroxyl groups is 1. The molecule has 0 bridgehead atoms. The van der Waals surface area contributed by atoms with Crippen molar-refractivity contribution in [2.75, 3.05) is 13.2 Å². The Kier molecular flexibility index (Phi) is 5.43. The third-order valence-corrected chi connectivity index (χ3v) is 6.78. The highest BCUT2D eigenvalue weighted by Crippen LogP contribution is 2.31. The van der Waals surface area contributed by atoms with Crippen LogP contribution < -0.4 is 0 Å². The minimum absolute atomic E-state index is 0.0483. The summed E-state index contributed by atoms with van der Waals surface area (Å²) in [5.74, 6) is -0.732. The number of carbonyl (C=O) groups is 3. The van der Waals surface area contributed by atoms with Gasteiger partial charge >= 0.3 is 0 Å². The zero-order chi connectivity index (χ0) is 22.2. The fourth-order valence-corrected chi connectivity index (χ4v) is 5.09. The van der Waals surface area contributed by atoms with E-state index in [1.54, 1.807) is 34.1 Å². The average Bonchev–Trinajstić information content (AvgIpc) is 3.50. The van der Waals surface area contributed by atoms with Crippen molar-refractivity contribution in [3.63, 3.8) is 0 Å². The summed E-state index contributed by atoms with van der Waals surface area (Å²) in [5, 5.41) is 9.59. The number of fused-ring (bicyclic) bond motifs is 2. The van der Waals surface area contributed by atoms with E-state index in [1.807, 2.05) is 24.3 Å². The first kappa shape index (κ1) is 20.7. The first-order valence-electron chi connectivity index (χ1n) is 11.1. The van der Waals surface area contributed by atoms with Gasteiger partial charge in [-0.3, -0.25) is 14.4 Å². The summed E-state index contributed by atoms with van der Waals surface area (Å²) in [6, 6.07) is 14.1. The SMILES string of the molecule is O=C1COC2CCN(C(=O)C(CC(=O)N3Cc4ccccc4C3)Cc3ccc(O)cc3)C12. The van der Waals surface area contributed by atoms with E-state index in [9.17, 15) is 19.5 Å². The average molecular weight is 434 g/mol. The van der Waals surface area contributed by atoms with Crippen molar-refractivity contribution in [3.8, 4) is 5.75 Å². The molecule has 0 radical (unpaired) electrons. The number of Topliss-reactive ketones (excluding diaryl/α,β-unsaturated/α-hetero) is 1. The van der Waals surface area contributed by atoms with Gasteiger partial charge in [0.05, 0.1) is 12.0 Å². The lowest BCUT2D eigenvalue weighted by Crippen LogP contribution is -2.46. The second kappa shape index (κ2) is 8.39. The van der Waals surface area contributed by atoms with Crippen LogP contribution in [-0.2, 0) is 38.6 Å². The summed E-state index contributed by atoms with van der Waals surface area (Å²) < 4.78 is 5.53. The molecular formula is C25H26N2O5. The maximum Gasteiger partial charge on any atom is 0.227 e. The van der Waals surface area contributed by atoms with Gasteiger partial charge in [-0.05, 0) is 41.7 Å². The number of hydrogen-bond acceptors (Lipinski definition) is 5. The van der Waals surface area contributed by atoms with Crippen molar-refractivity contribution in [1.29, 1.82) is 0 Å². The molecule has 2 aromatic carbocycles. The Bertz CT molecular complexity index is 1030. The van der Waals surface area contributed by atoms with Crippen LogP contribution in [0.3, 0.4) is 0 Å². The molecule has 5 rings (SSSR count). The molecule has 2 aromatic rings. The molecule has 32 heavy (non-hydrogen) atoms. The van der Waals surface area contributed by atoms with E-state index < -0.39 is 12.0 Å². The summed E-state index contributed by atoms with van der Waals surface area (Å²) in [4.78, 5) is 42.5. The molecule has 1 N–H and O–H groups in total. The monoisotopic (exact) mass is 434 g/mol. The standard InChI is InChI=1S/C25H26N2O5/c28-20-7-5-16(6-8-20)11-19(25(31)27-10-9-22-24(27)21(29)15-32-22)12-23(30)26-13-17-3-1-2-4-18(17)14-26/h1-8,19,22,24,28H,9-15H2. The van der Waals surface area contributed by atoms with E-state index in [0.717, 1.165) is 16.7 Å². The number of nitrogens with zero attached hydrogens (tertiary/aromatic N) is 2. The fraction of sp³-hybridized carbons (Fsp3) is 0.400. The van der Waals surface area contributed by atoms with Crippen molar-refractivity contribution in [3.05, 3.63) is 65.2 Å². The van der Waals surface area contributed by atoms with Crippen LogP contribution in [0.1, 0.15) is 29.5 Å². The Balaban J connectivity index is 1.35. The molecule has 2 amide bonds. The van der Waals surface area contributed by atoms with Gasteiger partial charge in [0, 0.05) is 26.1 Å². The van der Waals surface area contributed by atoms with Crippen LogP contribution in [0.2, 0.25) is 0 Å². The molecule has 7 nitrogen and oxygen atoms in total. The van der Waals surface area contributed by atoms with Crippen LogP contribution in [0, 0.1) is 5.92 Å². The lowest BCUT2D eigenvalue weighted by atomic mass is 9.93. The highest BCUT2D eigenvalue weighted by atomic mass is 16.5. The normalized spacial score (nSPS) is 22.7. The second-order valence-electron chi connectivity index (χ2n) is 8.87. The number of benzene rings is 2. The van der Waals surface area contributed by atoms with E-state index in [-0.39, 0.29) is 42.5 Å². The van der Waals surface area contributed by atoms with Crippen LogP contribution in [0.15, 0.2) is 48.5 Å². The van der Waals surface area contributed by atoms with Crippen LogP contribution in [0.4, 0.5) is 0 Å². The molecule has 0 aliphatic carbocycles. The van der Waals surface area contributed by atoms with Gasteiger partial charge in [0.1, 0.15) is 18.4 Å². The van der Waals surface area contributed by atoms with Gasteiger partial charge in [-0.25, -0.2) is 0 Å². The zero-order valence-corrected chi connectivity index (χ0v) is 17.8. The number of phenols is 1. The molecule has 166 valence electrons. The Morgan fingerprint density at radius 2 is 1.75 bits per heavy atom. The summed E-state index contributed by atoms with van der Waals surface area (Å²) >= 11 is 0. The second-order valence-corrected chi connectivity index (χ2v) is 8.87. The maximum atomic E-state index is 13.6. The molecule has 3 unspecified atom stereocenters. The molecule has 2 saturated heterocycles. The molecule has 0 saturated carbocycles. The lowest BCUT2D eigenvalue weighted by Gasteiger charge is -2.28. The van der Waals surface area contributed by atoms with Gasteiger partial charge in [0.15, 0.2) is 5.78 Å². The minimum atomic E-state index is -0.581. The lowest BCUT2D eigenvalue weighted by molar-refractivity contribution is -0.143. The third-order valence-electron chi connectivity index (χ3n) is 6.78. The number of ketones is 1. The molecule has 3 heterocycles. The van der Waals surface area contributed by atoms with E-state index in [4.69, 9.17) is 4.74 Å². The van der Waals surface area contributed by atoms with Gasteiger partial charge in [-0.15, -0.1) is 0 Å². The highest BCUT2D eigenvalue weighted by Gasteiger charge is 2.48. The summed E-state index contributed by atoms with van der Waals surface area (Å²) in [7, 11) is 0. The quantitative estimate of drug-likeness (QED) is 0.778. The molecule has 7 heteroatoms. The number of carbonyl (C=O) groups excluding carboxylic acids is 3. The number of ether oxygens (including phenoxy) is 1. The Labute approximate surface area is 186 Å². The zero-order valence-electron chi connectivity index (χ0n) is 17.8. The molecule has 2 fully saturated rings. The van der Waals surface area contributed by atoms with E-state index in [1.165, 1.54) is 0 Å². The Morgan fingerprint density at radius 1 is 1.06 bits per heavy atom. The molecule has 3 aliphatic rings. The van der Waals surface area contributed by atoms with Crippen LogP contribution in [0.5, 0.6) is 5.75 Å². The largest absolute Gasteiger partial charge is 0.508 e. The van der Waals surface area contributed by atoms with E-state index in [2.05, 4.69) is 0 Å². The predicted octanol–water partition coefficient (Wildman–Crippen LogP) is 2.05. The molecule has 0 spiro atoms. The number of rotatable bonds is 5. The molecule has 3 atom stereocenters. The van der Waals surface area contributed by atoms with Gasteiger partial charge in [0.25, 0.3) is 0 Å². The van der Waals surface area contributed by atoms with E-state index >= 15 is 0 Å². The third kappa shape index (κ3) is 3.88. The molecular weight excluding hydrogens is 408 g/mol. The van der Waals surface area contributed by atoms with Crippen molar-refractivity contribution >= 4 is 17.6 Å². The number of phenolic OH excluding ortho intramolecular Hbond substituents is 1. The van der Waals surface area contributed by atoms with E-state index in [0.29, 0.717) is 32.5 Å². The number of amides is 2. The number of hydrogen-bond donors (Lipinski definition) is 1. The van der Waals surface area contributed by atoms with Crippen LogP contribution >= 0.6 is 0 Å². The topological polar surface area (TPSA) is 87.2 Å². The van der Waals surface area contributed by atoms with Crippen molar-refractivity contribution in [1.82, 2.24) is 9.80 Å². The van der Waals surface area contributed by atoms with Gasteiger partial charge in [-0.1, -0.05) is 36.4 Å². The van der Waals surface area contributed by atoms with Crippen molar-refractivity contribution in [2.45, 2.75) is 44.5 Å². The molecule has 3 aliphatic heterocycles. The summed E-state index contributed by atoms with van der Waals surface area (Å²) in [6.07, 6.45) is 0.860. The fourth-order valence-electron chi connectivity index (χ4n) is 5.09. The first-order valence-corrected chi connectivity index (χ1v) is 11.1. The van der Waals surface area contributed by atoms with Crippen LogP contribution in [0.25, 0.3) is 0 Å². The summed E-state index contributed by atoms with van der Waals surface area (Å²) in [6.45, 7) is 1.62. The first-order chi connectivity index (χ1) is 15.5. The van der Waals surface area contributed by atoms with Crippen molar-refractivity contribution in [2.24, 2.45) is 5.92 Å². The Morgan fingerprint density at radius 3 is 2.44 bits per heavy atom. The summed E-state index contributed by atoms with van der Waals surface area (Å²) in [5.41, 5.74) is 3.14.